The normalized spacial score (nSPS) is 24.0. The Morgan fingerprint density at radius 2 is 1.96 bits per heavy atom. The van der Waals surface area contributed by atoms with Gasteiger partial charge in [-0.25, -0.2) is 0 Å². The number of fused-ring (bicyclic) bond motifs is 1. The first kappa shape index (κ1) is 18.0. The smallest absolute Gasteiger partial charge is 0.233 e. The molecular formula is C20H26BrNO. The quantitative estimate of drug-likeness (QED) is 0.571. The predicted octanol–water partition coefficient (Wildman–Crippen LogP) is 1.76. The van der Waals surface area contributed by atoms with Crippen LogP contribution in [0.1, 0.15) is 26.2 Å². The van der Waals surface area contributed by atoms with Crippen LogP contribution in [0.3, 0.4) is 0 Å². The second-order valence-electron chi connectivity index (χ2n) is 6.31. The van der Waals surface area contributed by atoms with Crippen molar-refractivity contribution in [1.29, 1.82) is 0 Å². The first-order valence-corrected chi connectivity index (χ1v) is 8.39. The first-order valence-electron chi connectivity index (χ1n) is 8.39. The first-order chi connectivity index (χ1) is 10.8. The van der Waals surface area contributed by atoms with E-state index in [1.165, 1.54) is 30.2 Å². The van der Waals surface area contributed by atoms with E-state index in [4.69, 9.17) is 4.74 Å². The van der Waals surface area contributed by atoms with E-state index in [9.17, 15) is 0 Å². The number of quaternary nitrogens is 1. The van der Waals surface area contributed by atoms with Crippen LogP contribution >= 0.6 is 0 Å². The standard InChI is InChI=1S/C20H26NO.BrH/c1-3-14-21(4-2)15-8-7-11-20(21)22-19-13-12-17-9-5-6-10-18(17)16-19;/h3,5-6,9-10,12-13,16,20H,1,4,7-8,11,14-15H2,2H3;1H/q+1;/p-1. The Bertz CT molecular complexity index is 657. The van der Waals surface area contributed by atoms with Gasteiger partial charge < -0.3 is 21.7 Å². The lowest BCUT2D eigenvalue weighted by Crippen LogP contribution is -3.00. The molecule has 1 saturated heterocycles. The van der Waals surface area contributed by atoms with E-state index in [-0.39, 0.29) is 23.2 Å². The molecular weight excluding hydrogens is 350 g/mol. The maximum atomic E-state index is 6.45. The molecule has 124 valence electrons. The van der Waals surface area contributed by atoms with Crippen molar-refractivity contribution in [2.45, 2.75) is 32.4 Å². The zero-order chi connectivity index (χ0) is 15.4. The van der Waals surface area contributed by atoms with Gasteiger partial charge in [0, 0.05) is 6.42 Å². The number of hydrogen-bond donors (Lipinski definition) is 0. The summed E-state index contributed by atoms with van der Waals surface area (Å²) in [6.07, 6.45) is 5.98. The molecule has 1 fully saturated rings. The van der Waals surface area contributed by atoms with Gasteiger partial charge >= 0.3 is 0 Å². The van der Waals surface area contributed by atoms with E-state index in [1.807, 2.05) is 6.08 Å². The summed E-state index contributed by atoms with van der Waals surface area (Å²) in [6.45, 7) is 9.52. The van der Waals surface area contributed by atoms with Crippen LogP contribution in [0.4, 0.5) is 0 Å². The summed E-state index contributed by atoms with van der Waals surface area (Å²) in [5.74, 6) is 0.991. The summed E-state index contributed by atoms with van der Waals surface area (Å²) in [5.41, 5.74) is 0. The fourth-order valence-electron chi connectivity index (χ4n) is 3.69. The Morgan fingerprint density at radius 3 is 2.70 bits per heavy atom. The van der Waals surface area contributed by atoms with Crippen LogP contribution in [0.15, 0.2) is 55.1 Å². The largest absolute Gasteiger partial charge is 1.00 e. The van der Waals surface area contributed by atoms with Gasteiger partial charge in [-0.3, -0.25) is 4.48 Å². The third-order valence-corrected chi connectivity index (χ3v) is 5.03. The fourth-order valence-corrected chi connectivity index (χ4v) is 3.69. The van der Waals surface area contributed by atoms with Gasteiger partial charge in [0.15, 0.2) is 0 Å². The van der Waals surface area contributed by atoms with E-state index in [1.54, 1.807) is 0 Å². The number of likely N-dealkylation sites (N-methyl/N-ethyl adjacent to an activating group) is 1. The monoisotopic (exact) mass is 375 g/mol. The second-order valence-corrected chi connectivity index (χ2v) is 6.31. The van der Waals surface area contributed by atoms with Gasteiger partial charge in [-0.15, -0.1) is 0 Å². The van der Waals surface area contributed by atoms with Crippen LogP contribution in [0.25, 0.3) is 10.8 Å². The molecule has 2 aromatic carbocycles. The van der Waals surface area contributed by atoms with Gasteiger partial charge in [0.2, 0.25) is 6.23 Å². The van der Waals surface area contributed by atoms with Gasteiger partial charge in [0.05, 0.1) is 19.6 Å². The van der Waals surface area contributed by atoms with Crippen LogP contribution in [0, 0.1) is 0 Å². The lowest BCUT2D eigenvalue weighted by Gasteiger charge is -2.45. The van der Waals surface area contributed by atoms with Gasteiger partial charge in [0.25, 0.3) is 0 Å². The second kappa shape index (κ2) is 7.98. The summed E-state index contributed by atoms with van der Waals surface area (Å²) in [5, 5.41) is 2.51. The Morgan fingerprint density at radius 1 is 1.17 bits per heavy atom. The van der Waals surface area contributed by atoms with Crippen molar-refractivity contribution in [2.75, 3.05) is 19.6 Å². The summed E-state index contributed by atoms with van der Waals surface area (Å²) in [6, 6.07) is 14.9. The molecule has 0 radical (unpaired) electrons. The Hall–Kier alpha value is -1.32. The molecule has 0 saturated carbocycles. The number of halogens is 1. The summed E-state index contributed by atoms with van der Waals surface area (Å²) < 4.78 is 7.46. The number of piperidine rings is 1. The fraction of sp³-hybridized carbons (Fsp3) is 0.400. The number of benzene rings is 2. The zero-order valence-electron chi connectivity index (χ0n) is 13.9. The average molecular weight is 376 g/mol. The highest BCUT2D eigenvalue weighted by Crippen LogP contribution is 2.30. The van der Waals surface area contributed by atoms with E-state index >= 15 is 0 Å². The van der Waals surface area contributed by atoms with Crippen LogP contribution in [-0.4, -0.2) is 30.3 Å². The Kier molecular flexibility index (Phi) is 6.25. The Balaban J connectivity index is 0.00000192. The van der Waals surface area contributed by atoms with E-state index in [0.717, 1.165) is 29.7 Å². The van der Waals surface area contributed by atoms with E-state index < -0.39 is 0 Å². The lowest BCUT2D eigenvalue weighted by molar-refractivity contribution is -0.966. The van der Waals surface area contributed by atoms with E-state index in [2.05, 4.69) is 56.0 Å². The molecule has 3 heteroatoms. The SMILES string of the molecule is C=CC[N+]1(CC)CCCCC1Oc1ccc2ccccc2c1.[Br-]. The van der Waals surface area contributed by atoms with Crippen molar-refractivity contribution in [3.8, 4) is 5.75 Å². The molecule has 2 atom stereocenters. The molecule has 0 bridgehead atoms. The molecule has 1 aliphatic rings. The highest BCUT2D eigenvalue weighted by molar-refractivity contribution is 5.83. The van der Waals surface area contributed by atoms with Crippen molar-refractivity contribution >= 4 is 10.8 Å². The van der Waals surface area contributed by atoms with Crippen molar-refractivity contribution in [3.05, 3.63) is 55.1 Å². The van der Waals surface area contributed by atoms with Crippen molar-refractivity contribution < 1.29 is 26.2 Å². The van der Waals surface area contributed by atoms with E-state index in [0.29, 0.717) is 0 Å². The molecule has 23 heavy (non-hydrogen) atoms. The molecule has 2 nitrogen and oxygen atoms in total. The molecule has 1 heterocycles. The average Bonchev–Trinajstić information content (AvgIpc) is 2.57. The highest BCUT2D eigenvalue weighted by atomic mass is 79.9. The molecule has 0 amide bonds. The molecule has 0 N–H and O–H groups in total. The minimum atomic E-state index is 0. The summed E-state index contributed by atoms with van der Waals surface area (Å²) >= 11 is 0. The number of nitrogens with zero attached hydrogens (tertiary/aromatic N) is 1. The van der Waals surface area contributed by atoms with Crippen LogP contribution in [-0.2, 0) is 0 Å². The Labute approximate surface area is 150 Å². The van der Waals surface area contributed by atoms with Crippen molar-refractivity contribution in [2.24, 2.45) is 0 Å². The molecule has 0 spiro atoms. The minimum Gasteiger partial charge on any atom is -1.00 e. The van der Waals surface area contributed by atoms with Crippen molar-refractivity contribution in [3.63, 3.8) is 0 Å². The van der Waals surface area contributed by atoms with Gasteiger partial charge in [-0.1, -0.05) is 36.9 Å². The summed E-state index contributed by atoms with van der Waals surface area (Å²) in [7, 11) is 0. The molecule has 0 aromatic heterocycles. The van der Waals surface area contributed by atoms with Crippen LogP contribution < -0.4 is 21.7 Å². The third-order valence-electron chi connectivity index (χ3n) is 5.03. The van der Waals surface area contributed by atoms with Gasteiger partial charge in [-0.05, 0) is 48.7 Å². The molecule has 2 aromatic rings. The maximum Gasteiger partial charge on any atom is 0.233 e. The minimum absolute atomic E-state index is 0. The predicted molar refractivity (Wildman–Crippen MR) is 92.9 cm³/mol. The topological polar surface area (TPSA) is 9.23 Å². The number of ether oxygens (including phenoxy) is 1. The number of rotatable bonds is 5. The van der Waals surface area contributed by atoms with Crippen molar-refractivity contribution in [1.82, 2.24) is 0 Å². The lowest BCUT2D eigenvalue weighted by atomic mass is 10.0. The molecule has 0 aliphatic carbocycles. The summed E-state index contributed by atoms with van der Waals surface area (Å²) in [4.78, 5) is 0. The highest BCUT2D eigenvalue weighted by Gasteiger charge is 2.38. The molecule has 3 rings (SSSR count). The number of hydrogen-bond acceptors (Lipinski definition) is 1. The number of likely N-dealkylation sites (tertiary alicyclic amines) is 1. The zero-order valence-corrected chi connectivity index (χ0v) is 15.5. The molecule has 2 unspecified atom stereocenters. The maximum absolute atomic E-state index is 6.45. The van der Waals surface area contributed by atoms with Gasteiger partial charge in [0.1, 0.15) is 5.75 Å². The third kappa shape index (κ3) is 3.78. The van der Waals surface area contributed by atoms with Crippen LogP contribution in [0.5, 0.6) is 5.75 Å². The molecule has 1 aliphatic heterocycles. The van der Waals surface area contributed by atoms with Crippen LogP contribution in [0.2, 0.25) is 0 Å². The van der Waals surface area contributed by atoms with Gasteiger partial charge in [-0.2, -0.15) is 0 Å².